The van der Waals surface area contributed by atoms with Crippen molar-refractivity contribution in [1.29, 1.82) is 0 Å². The Morgan fingerprint density at radius 3 is 2.40 bits per heavy atom. The number of carbonyl (C=O) groups excluding carboxylic acids is 2. The third-order valence-electron chi connectivity index (χ3n) is 4.02. The van der Waals surface area contributed by atoms with Gasteiger partial charge in [-0.15, -0.1) is 0 Å². The van der Waals surface area contributed by atoms with Gasteiger partial charge in [0.15, 0.2) is 0 Å². The molecule has 0 bridgehead atoms. The lowest BCUT2D eigenvalue weighted by atomic mass is 10.3. The van der Waals surface area contributed by atoms with E-state index in [0.717, 1.165) is 18.7 Å². The molecular weight excluding hydrogens is 254 g/mol. The summed E-state index contributed by atoms with van der Waals surface area (Å²) in [6.45, 7) is 3.35. The predicted octanol–water partition coefficient (Wildman–Crippen LogP) is 1.61. The fourth-order valence-corrected chi connectivity index (χ4v) is 3.02. The Morgan fingerprint density at radius 2 is 1.75 bits per heavy atom. The first-order valence-corrected chi connectivity index (χ1v) is 7.12. The third kappa shape index (κ3) is 2.13. The largest absolute Gasteiger partial charge is 0.321 e. The minimum absolute atomic E-state index is 0.0843. The van der Waals surface area contributed by atoms with Crippen LogP contribution >= 0.6 is 0 Å². The highest BCUT2D eigenvalue weighted by Gasteiger charge is 2.38. The van der Waals surface area contributed by atoms with Crippen LogP contribution in [-0.4, -0.2) is 41.0 Å². The molecule has 1 aromatic rings. The molecule has 2 heterocycles. The zero-order chi connectivity index (χ0) is 14.1. The molecule has 5 nitrogen and oxygen atoms in total. The average molecular weight is 273 g/mol. The van der Waals surface area contributed by atoms with Crippen molar-refractivity contribution in [3.05, 3.63) is 30.3 Å². The molecule has 2 aliphatic heterocycles. The van der Waals surface area contributed by atoms with Gasteiger partial charge in [-0.05, 0) is 25.5 Å². The highest BCUT2D eigenvalue weighted by atomic mass is 16.2. The molecule has 2 fully saturated rings. The number of anilines is 1. The normalized spacial score (nSPS) is 20.9. The molecule has 1 unspecified atom stereocenters. The minimum Gasteiger partial charge on any atom is -0.321 e. The van der Waals surface area contributed by atoms with Gasteiger partial charge in [-0.25, -0.2) is 5.01 Å². The van der Waals surface area contributed by atoms with Gasteiger partial charge >= 0.3 is 0 Å². The summed E-state index contributed by atoms with van der Waals surface area (Å²) in [5, 5.41) is 3.72. The maximum atomic E-state index is 12.2. The zero-order valence-electron chi connectivity index (χ0n) is 11.7. The second-order valence-corrected chi connectivity index (χ2v) is 5.27. The SMILES string of the molecule is CC(N1CCCC1=O)N1C(=O)CCN1c1ccccc1. The number of likely N-dealkylation sites (tertiary alicyclic amines) is 1. The molecule has 0 spiro atoms. The van der Waals surface area contributed by atoms with Crippen LogP contribution in [0.1, 0.15) is 26.2 Å². The number of carbonyl (C=O) groups is 2. The van der Waals surface area contributed by atoms with Gasteiger partial charge in [-0.2, -0.15) is 0 Å². The topological polar surface area (TPSA) is 43.9 Å². The van der Waals surface area contributed by atoms with Crippen molar-refractivity contribution < 1.29 is 9.59 Å². The summed E-state index contributed by atoms with van der Waals surface area (Å²) >= 11 is 0. The van der Waals surface area contributed by atoms with Crippen LogP contribution < -0.4 is 5.01 Å². The van der Waals surface area contributed by atoms with Crippen LogP contribution in [0.15, 0.2) is 30.3 Å². The van der Waals surface area contributed by atoms with Gasteiger partial charge in [0.05, 0.1) is 5.69 Å². The first-order chi connectivity index (χ1) is 9.68. The summed E-state index contributed by atoms with van der Waals surface area (Å²) in [6, 6.07) is 9.86. The summed E-state index contributed by atoms with van der Waals surface area (Å²) in [5.74, 6) is 0.228. The van der Waals surface area contributed by atoms with Crippen molar-refractivity contribution >= 4 is 17.5 Å². The van der Waals surface area contributed by atoms with Crippen LogP contribution in [0.3, 0.4) is 0 Å². The smallest absolute Gasteiger partial charge is 0.244 e. The highest BCUT2D eigenvalue weighted by molar-refractivity contribution is 5.84. The Bertz CT molecular complexity index is 517. The fourth-order valence-electron chi connectivity index (χ4n) is 3.02. The highest BCUT2D eigenvalue weighted by Crippen LogP contribution is 2.27. The monoisotopic (exact) mass is 273 g/mol. The van der Waals surface area contributed by atoms with E-state index < -0.39 is 0 Å². The van der Waals surface area contributed by atoms with Crippen LogP contribution in [0.25, 0.3) is 0 Å². The van der Waals surface area contributed by atoms with Crippen molar-refractivity contribution in [2.75, 3.05) is 18.1 Å². The van der Waals surface area contributed by atoms with E-state index in [0.29, 0.717) is 19.4 Å². The molecule has 106 valence electrons. The molecule has 0 radical (unpaired) electrons. The van der Waals surface area contributed by atoms with Crippen molar-refractivity contribution in [1.82, 2.24) is 9.91 Å². The van der Waals surface area contributed by atoms with Crippen molar-refractivity contribution in [3.63, 3.8) is 0 Å². The van der Waals surface area contributed by atoms with Crippen molar-refractivity contribution in [2.24, 2.45) is 0 Å². The van der Waals surface area contributed by atoms with E-state index >= 15 is 0 Å². The zero-order valence-corrected chi connectivity index (χ0v) is 11.7. The molecule has 2 saturated heterocycles. The second kappa shape index (κ2) is 5.15. The number of nitrogens with zero attached hydrogens (tertiary/aromatic N) is 3. The third-order valence-corrected chi connectivity index (χ3v) is 4.02. The van der Waals surface area contributed by atoms with Gasteiger partial charge in [0.2, 0.25) is 11.8 Å². The van der Waals surface area contributed by atoms with Gasteiger partial charge < -0.3 is 4.90 Å². The van der Waals surface area contributed by atoms with Crippen molar-refractivity contribution in [2.45, 2.75) is 32.4 Å². The second-order valence-electron chi connectivity index (χ2n) is 5.27. The fraction of sp³-hybridized carbons (Fsp3) is 0.467. The Balaban J connectivity index is 1.85. The first kappa shape index (κ1) is 13.0. The van der Waals surface area contributed by atoms with Gasteiger partial charge in [-0.3, -0.25) is 14.6 Å². The summed E-state index contributed by atoms with van der Waals surface area (Å²) in [7, 11) is 0. The molecule has 3 rings (SSSR count). The summed E-state index contributed by atoms with van der Waals surface area (Å²) in [4.78, 5) is 25.9. The van der Waals surface area contributed by atoms with Gasteiger partial charge in [-0.1, -0.05) is 18.2 Å². The first-order valence-electron chi connectivity index (χ1n) is 7.12. The number of amides is 2. The van der Waals surface area contributed by atoms with E-state index in [4.69, 9.17) is 0 Å². The molecule has 5 heteroatoms. The molecule has 1 atom stereocenters. The standard InChI is InChI=1S/C15H19N3O2/c1-12(16-10-5-8-14(16)19)18-15(20)9-11-17(18)13-6-3-2-4-7-13/h2-4,6-7,12H,5,8-11H2,1H3. The lowest BCUT2D eigenvalue weighted by molar-refractivity contribution is -0.140. The van der Waals surface area contributed by atoms with E-state index in [-0.39, 0.29) is 18.0 Å². The summed E-state index contributed by atoms with van der Waals surface area (Å²) in [6.07, 6.45) is 1.77. The molecule has 2 amide bonds. The molecular formula is C15H19N3O2. The maximum Gasteiger partial charge on any atom is 0.244 e. The lowest BCUT2D eigenvalue weighted by Gasteiger charge is -2.38. The van der Waals surface area contributed by atoms with E-state index in [2.05, 4.69) is 0 Å². The minimum atomic E-state index is -0.208. The Hall–Kier alpha value is -2.04. The Morgan fingerprint density at radius 1 is 1.00 bits per heavy atom. The summed E-state index contributed by atoms with van der Waals surface area (Å²) in [5.41, 5.74) is 0.997. The Labute approximate surface area is 118 Å². The predicted molar refractivity (Wildman–Crippen MR) is 75.7 cm³/mol. The van der Waals surface area contributed by atoms with E-state index in [1.54, 1.807) is 9.91 Å². The maximum absolute atomic E-state index is 12.2. The molecule has 0 saturated carbocycles. The number of rotatable bonds is 3. The van der Waals surface area contributed by atoms with Crippen LogP contribution in [0.2, 0.25) is 0 Å². The molecule has 0 aromatic heterocycles. The van der Waals surface area contributed by atoms with Gasteiger partial charge in [0.1, 0.15) is 6.17 Å². The number of hydrogen-bond donors (Lipinski definition) is 0. The molecule has 0 N–H and O–H groups in total. The van der Waals surface area contributed by atoms with E-state index in [9.17, 15) is 9.59 Å². The van der Waals surface area contributed by atoms with Crippen LogP contribution in [0, 0.1) is 0 Å². The van der Waals surface area contributed by atoms with E-state index in [1.807, 2.05) is 42.3 Å². The molecule has 20 heavy (non-hydrogen) atoms. The number of benzene rings is 1. The summed E-state index contributed by atoms with van der Waals surface area (Å²) < 4.78 is 0. The lowest BCUT2D eigenvalue weighted by Crippen LogP contribution is -2.53. The molecule has 2 aliphatic rings. The van der Waals surface area contributed by atoms with Crippen LogP contribution in [0.4, 0.5) is 5.69 Å². The van der Waals surface area contributed by atoms with Crippen molar-refractivity contribution in [3.8, 4) is 0 Å². The number of hydrazine groups is 1. The molecule has 0 aliphatic carbocycles. The van der Waals surface area contributed by atoms with E-state index in [1.165, 1.54) is 0 Å². The number of hydrogen-bond acceptors (Lipinski definition) is 3. The average Bonchev–Trinajstić information content (AvgIpc) is 3.05. The molecule has 1 aromatic carbocycles. The van der Waals surface area contributed by atoms with Crippen LogP contribution in [-0.2, 0) is 9.59 Å². The van der Waals surface area contributed by atoms with Gasteiger partial charge in [0.25, 0.3) is 0 Å². The quantitative estimate of drug-likeness (QED) is 0.840. The van der Waals surface area contributed by atoms with Crippen LogP contribution in [0.5, 0.6) is 0 Å². The Kier molecular flexibility index (Phi) is 3.34. The number of para-hydroxylation sites is 1. The van der Waals surface area contributed by atoms with Gasteiger partial charge in [0, 0.05) is 25.9 Å².